The number of aromatic nitrogens is 1. The first kappa shape index (κ1) is 23.0. The molecule has 8 heteroatoms. The van der Waals surface area contributed by atoms with Crippen molar-refractivity contribution in [1.29, 1.82) is 0 Å². The molecule has 2 heterocycles. The third-order valence-corrected chi connectivity index (χ3v) is 6.01. The maximum absolute atomic E-state index is 12.7. The molecule has 0 saturated carbocycles. The van der Waals surface area contributed by atoms with Gasteiger partial charge in [0.1, 0.15) is 0 Å². The summed E-state index contributed by atoms with van der Waals surface area (Å²) in [5.74, 6) is -0.0784. The summed E-state index contributed by atoms with van der Waals surface area (Å²) in [4.78, 5) is 31.9. The van der Waals surface area contributed by atoms with E-state index in [2.05, 4.69) is 25.8 Å². The van der Waals surface area contributed by atoms with E-state index in [1.807, 2.05) is 49.4 Å². The normalized spacial score (nSPS) is 16.4. The summed E-state index contributed by atoms with van der Waals surface area (Å²) in [6.45, 7) is 4.67. The number of hydrogen-bond acceptors (Lipinski definition) is 4. The second-order valence-electron chi connectivity index (χ2n) is 8.35. The van der Waals surface area contributed by atoms with Gasteiger partial charge in [-0.25, -0.2) is 4.79 Å². The number of halogens is 1. The van der Waals surface area contributed by atoms with E-state index < -0.39 is 0 Å². The highest BCUT2D eigenvalue weighted by molar-refractivity contribution is 6.30. The standard InChI is InChI=1S/C25H28ClN5O2/c1-17-14-23(21-9-2-3-10-22(21)28-17)30-25(33)27-11-13-31-12-5-6-18(16-31)24(32)29-20-8-4-7-19(26)15-20/h2-4,7-10,14-15,18H,5-6,11-13,16H2,1H3,(H,29,32)(H2,27,28,30,33). The van der Waals surface area contributed by atoms with Gasteiger partial charge in [-0.15, -0.1) is 0 Å². The number of piperidine rings is 1. The number of hydrogen-bond donors (Lipinski definition) is 3. The van der Waals surface area contributed by atoms with Gasteiger partial charge in [0, 0.05) is 41.4 Å². The van der Waals surface area contributed by atoms with Gasteiger partial charge in [0.25, 0.3) is 0 Å². The van der Waals surface area contributed by atoms with Crippen LogP contribution in [0.2, 0.25) is 5.02 Å². The summed E-state index contributed by atoms with van der Waals surface area (Å²) in [7, 11) is 0. The molecule has 0 aliphatic carbocycles. The van der Waals surface area contributed by atoms with Gasteiger partial charge in [-0.2, -0.15) is 0 Å². The third-order valence-electron chi connectivity index (χ3n) is 5.77. The lowest BCUT2D eigenvalue weighted by molar-refractivity contribution is -0.121. The van der Waals surface area contributed by atoms with Gasteiger partial charge in [0.05, 0.1) is 17.1 Å². The Hall–Kier alpha value is -3.16. The predicted molar refractivity (Wildman–Crippen MR) is 133 cm³/mol. The van der Waals surface area contributed by atoms with Gasteiger partial charge in [-0.1, -0.05) is 35.9 Å². The number of nitrogens with zero attached hydrogens (tertiary/aromatic N) is 2. The van der Waals surface area contributed by atoms with Gasteiger partial charge in [0.15, 0.2) is 0 Å². The van der Waals surface area contributed by atoms with Gasteiger partial charge in [-0.3, -0.25) is 9.78 Å². The molecule has 2 aromatic carbocycles. The van der Waals surface area contributed by atoms with Gasteiger partial charge in [0.2, 0.25) is 5.91 Å². The predicted octanol–water partition coefficient (Wildman–Crippen LogP) is 4.67. The number of amides is 3. The van der Waals surface area contributed by atoms with Crippen LogP contribution in [0.25, 0.3) is 10.9 Å². The molecule has 1 aliphatic rings. The van der Waals surface area contributed by atoms with Crippen molar-refractivity contribution in [2.75, 3.05) is 36.8 Å². The van der Waals surface area contributed by atoms with Crippen LogP contribution >= 0.6 is 11.6 Å². The number of nitrogens with one attached hydrogen (secondary N) is 3. The Labute approximate surface area is 198 Å². The summed E-state index contributed by atoms with van der Waals surface area (Å²) < 4.78 is 0. The number of carbonyl (C=O) groups excluding carboxylic acids is 2. The fourth-order valence-electron chi connectivity index (χ4n) is 4.19. The Balaban J connectivity index is 1.26. The van der Waals surface area contributed by atoms with Crippen molar-refractivity contribution in [3.63, 3.8) is 0 Å². The molecule has 1 saturated heterocycles. The van der Waals surface area contributed by atoms with Crippen molar-refractivity contribution < 1.29 is 9.59 Å². The monoisotopic (exact) mass is 465 g/mol. The summed E-state index contributed by atoms with van der Waals surface area (Å²) >= 11 is 6.01. The number of aryl methyl sites for hydroxylation is 1. The van der Waals surface area contributed by atoms with Crippen LogP contribution < -0.4 is 16.0 Å². The van der Waals surface area contributed by atoms with E-state index in [9.17, 15) is 9.59 Å². The quantitative estimate of drug-likeness (QED) is 0.493. The summed E-state index contributed by atoms with van der Waals surface area (Å²) in [5.41, 5.74) is 3.15. The highest BCUT2D eigenvalue weighted by Gasteiger charge is 2.25. The Morgan fingerprint density at radius 2 is 1.97 bits per heavy atom. The second kappa shape index (κ2) is 10.6. The molecule has 3 aromatic rings. The van der Waals surface area contributed by atoms with E-state index in [0.29, 0.717) is 30.3 Å². The molecule has 1 aliphatic heterocycles. The molecule has 0 bridgehead atoms. The summed E-state index contributed by atoms with van der Waals surface area (Å²) in [6, 6.07) is 16.5. The molecule has 7 nitrogen and oxygen atoms in total. The van der Waals surface area contributed by atoms with Crippen LogP contribution in [0, 0.1) is 12.8 Å². The van der Waals surface area contributed by atoms with Gasteiger partial charge in [-0.05, 0) is 56.6 Å². The Morgan fingerprint density at radius 1 is 1.12 bits per heavy atom. The molecule has 33 heavy (non-hydrogen) atoms. The minimum absolute atomic E-state index is 0.00704. The third kappa shape index (κ3) is 6.21. The lowest BCUT2D eigenvalue weighted by atomic mass is 9.97. The zero-order chi connectivity index (χ0) is 23.2. The fourth-order valence-corrected chi connectivity index (χ4v) is 4.38. The molecule has 1 aromatic heterocycles. The number of para-hydroxylation sites is 1. The molecule has 4 rings (SSSR count). The van der Waals surface area contributed by atoms with Crippen LogP contribution in [0.15, 0.2) is 54.6 Å². The zero-order valence-electron chi connectivity index (χ0n) is 18.6. The molecule has 1 atom stereocenters. The van der Waals surface area contributed by atoms with Crippen LogP contribution in [-0.2, 0) is 4.79 Å². The maximum atomic E-state index is 12.7. The maximum Gasteiger partial charge on any atom is 0.319 e. The lowest BCUT2D eigenvalue weighted by Crippen LogP contribution is -2.44. The molecule has 1 fully saturated rings. The molecule has 1 unspecified atom stereocenters. The summed E-state index contributed by atoms with van der Waals surface area (Å²) in [6.07, 6.45) is 1.80. The van der Waals surface area contributed by atoms with E-state index in [1.165, 1.54) is 0 Å². The largest absolute Gasteiger partial charge is 0.337 e. The number of anilines is 2. The lowest BCUT2D eigenvalue weighted by Gasteiger charge is -2.32. The molecular formula is C25H28ClN5O2. The number of urea groups is 1. The van der Waals surface area contributed by atoms with Crippen LogP contribution in [0.5, 0.6) is 0 Å². The van der Waals surface area contributed by atoms with Crippen LogP contribution in [0.4, 0.5) is 16.2 Å². The highest BCUT2D eigenvalue weighted by Crippen LogP contribution is 2.23. The van der Waals surface area contributed by atoms with Crippen molar-refractivity contribution in [2.45, 2.75) is 19.8 Å². The number of likely N-dealkylation sites (tertiary alicyclic amines) is 1. The SMILES string of the molecule is Cc1cc(NC(=O)NCCN2CCCC(C(=O)Nc3cccc(Cl)c3)C2)c2ccccc2n1. The molecule has 172 valence electrons. The number of pyridine rings is 1. The van der Waals surface area contributed by atoms with Crippen LogP contribution in [0.3, 0.4) is 0 Å². The number of fused-ring (bicyclic) bond motifs is 1. The van der Waals surface area contributed by atoms with E-state index >= 15 is 0 Å². The zero-order valence-corrected chi connectivity index (χ0v) is 19.4. The molecule has 0 radical (unpaired) electrons. The molecule has 0 spiro atoms. The number of rotatable bonds is 6. The van der Waals surface area contributed by atoms with Crippen LogP contribution in [0.1, 0.15) is 18.5 Å². The van der Waals surface area contributed by atoms with Crippen molar-refractivity contribution in [3.8, 4) is 0 Å². The molecule has 3 N–H and O–H groups in total. The van der Waals surface area contributed by atoms with Crippen molar-refractivity contribution >= 4 is 45.8 Å². The van der Waals surface area contributed by atoms with Crippen LogP contribution in [-0.4, -0.2) is 48.0 Å². The first-order valence-electron chi connectivity index (χ1n) is 11.2. The smallest absolute Gasteiger partial charge is 0.319 e. The van der Waals surface area contributed by atoms with Crippen molar-refractivity contribution in [2.24, 2.45) is 5.92 Å². The minimum atomic E-state index is -0.252. The summed E-state index contributed by atoms with van der Waals surface area (Å²) in [5, 5.41) is 10.3. The molecular weight excluding hydrogens is 438 g/mol. The van der Waals surface area contributed by atoms with Crippen molar-refractivity contribution in [1.82, 2.24) is 15.2 Å². The Morgan fingerprint density at radius 3 is 2.82 bits per heavy atom. The van der Waals surface area contributed by atoms with Gasteiger partial charge < -0.3 is 20.9 Å². The first-order chi connectivity index (χ1) is 16.0. The molecule has 3 amide bonds. The second-order valence-corrected chi connectivity index (χ2v) is 8.79. The van der Waals surface area contributed by atoms with Crippen molar-refractivity contribution in [3.05, 3.63) is 65.3 Å². The fraction of sp³-hybridized carbons (Fsp3) is 0.320. The number of carbonyl (C=O) groups is 2. The topological polar surface area (TPSA) is 86.4 Å². The Bertz CT molecular complexity index is 1150. The van der Waals surface area contributed by atoms with E-state index in [1.54, 1.807) is 12.1 Å². The first-order valence-corrected chi connectivity index (χ1v) is 11.6. The Kier molecular flexibility index (Phi) is 7.42. The minimum Gasteiger partial charge on any atom is -0.337 e. The van der Waals surface area contributed by atoms with Gasteiger partial charge >= 0.3 is 6.03 Å². The highest BCUT2D eigenvalue weighted by atomic mass is 35.5. The average Bonchev–Trinajstić information content (AvgIpc) is 2.79. The van der Waals surface area contributed by atoms with E-state index in [0.717, 1.165) is 41.7 Å². The average molecular weight is 466 g/mol. The van der Waals surface area contributed by atoms with E-state index in [-0.39, 0.29) is 17.9 Å². The number of benzene rings is 2. The van der Waals surface area contributed by atoms with E-state index in [4.69, 9.17) is 11.6 Å².